The number of hydrogen-bond donors (Lipinski definition) is 4. The molecule has 4 rings (SSSR count). The number of aliphatic carboxylic acids is 1. The predicted molar refractivity (Wildman–Crippen MR) is 153 cm³/mol. The molecule has 0 unspecified atom stereocenters. The van der Waals surface area contributed by atoms with Gasteiger partial charge in [-0.1, -0.05) is 31.3 Å². The number of aromatic nitrogens is 2. The first-order valence-corrected chi connectivity index (χ1v) is 15.0. The normalized spacial score (nSPS) is 18.4. The van der Waals surface area contributed by atoms with Crippen LogP contribution >= 0.6 is 23.1 Å². The largest absolute Gasteiger partial charge is 0.477 e. The Hall–Kier alpha value is -3.98. The van der Waals surface area contributed by atoms with Gasteiger partial charge in [-0.05, 0) is 6.42 Å². The molecule has 2 aliphatic rings. The highest BCUT2D eigenvalue weighted by atomic mass is 32.2. The van der Waals surface area contributed by atoms with Crippen molar-refractivity contribution in [3.05, 3.63) is 52.4 Å². The van der Waals surface area contributed by atoms with E-state index in [1.165, 1.54) is 23.8 Å². The second-order valence-electron chi connectivity index (χ2n) is 9.39. The third-order valence-electron chi connectivity index (χ3n) is 6.54. The van der Waals surface area contributed by atoms with Gasteiger partial charge < -0.3 is 26.3 Å². The third-order valence-corrected chi connectivity index (χ3v) is 8.55. The van der Waals surface area contributed by atoms with E-state index in [0.717, 1.165) is 37.0 Å². The molecule has 0 radical (unpaired) electrons. The Morgan fingerprint density at radius 2 is 2.02 bits per heavy atom. The van der Waals surface area contributed by atoms with Gasteiger partial charge in [-0.25, -0.2) is 14.3 Å². The number of nitrogen functional groups attached to an aromatic ring is 1. The maximum atomic E-state index is 13.1. The minimum Gasteiger partial charge on any atom is -0.477 e. The number of oxime groups is 1. The van der Waals surface area contributed by atoms with E-state index >= 15 is 0 Å². The molecule has 15 heteroatoms. The molecule has 0 spiro atoms. The maximum Gasteiger partial charge on any atom is 0.352 e. The van der Waals surface area contributed by atoms with Crippen LogP contribution in [0.25, 0.3) is 0 Å². The van der Waals surface area contributed by atoms with E-state index in [4.69, 9.17) is 10.6 Å². The fraction of sp³-hybridized carbons (Fsp3) is 0.423. The van der Waals surface area contributed by atoms with Crippen LogP contribution in [0.15, 0.2) is 46.3 Å². The highest BCUT2D eigenvalue weighted by Gasteiger charge is 2.54. The van der Waals surface area contributed by atoms with Gasteiger partial charge >= 0.3 is 5.97 Å². The number of rotatable bonds is 13. The molecule has 5 N–H and O–H groups in total. The maximum absolute atomic E-state index is 13.1. The predicted octanol–water partition coefficient (Wildman–Crippen LogP) is 1.11. The Bertz CT molecular complexity index is 1370. The van der Waals surface area contributed by atoms with Crippen LogP contribution in [-0.4, -0.2) is 75.2 Å². The highest BCUT2D eigenvalue weighted by Crippen LogP contribution is 2.40. The van der Waals surface area contributed by atoms with Gasteiger partial charge in [0.25, 0.3) is 17.7 Å². The molecule has 2 atom stereocenters. The fourth-order valence-electron chi connectivity index (χ4n) is 4.50. The molecule has 218 valence electrons. The Morgan fingerprint density at radius 3 is 2.66 bits per heavy atom. The number of amides is 3. The first-order valence-electron chi connectivity index (χ1n) is 13.1. The SMILES string of the molecule is CCCCCCNC(=O)c1cc[n+](CC2=C(C(=O)O)N3C(=O)[C@@H](NC(=O)/C(=N\OC)c4csc(N)n4)[C@H]3SC2)cc1. The van der Waals surface area contributed by atoms with E-state index in [9.17, 15) is 24.3 Å². The number of thioether (sulfide) groups is 1. The van der Waals surface area contributed by atoms with Crippen molar-refractivity contribution in [2.24, 2.45) is 5.16 Å². The summed E-state index contributed by atoms with van der Waals surface area (Å²) >= 11 is 2.47. The van der Waals surface area contributed by atoms with Crippen LogP contribution in [0.5, 0.6) is 0 Å². The van der Waals surface area contributed by atoms with E-state index < -0.39 is 29.2 Å². The van der Waals surface area contributed by atoms with Gasteiger partial charge in [0.15, 0.2) is 29.8 Å². The second-order valence-corrected chi connectivity index (χ2v) is 11.4. The summed E-state index contributed by atoms with van der Waals surface area (Å²) in [6, 6.07) is 2.40. The quantitative estimate of drug-likeness (QED) is 0.0859. The Labute approximate surface area is 244 Å². The number of unbranched alkanes of at least 4 members (excludes halogenated alkanes) is 3. The van der Waals surface area contributed by atoms with Crippen LogP contribution in [0.1, 0.15) is 48.7 Å². The fourth-order valence-corrected chi connectivity index (χ4v) is 6.38. The van der Waals surface area contributed by atoms with Crippen molar-refractivity contribution in [2.45, 2.75) is 50.6 Å². The van der Waals surface area contributed by atoms with Crippen LogP contribution in [0, 0.1) is 0 Å². The van der Waals surface area contributed by atoms with Crippen molar-refractivity contribution in [3.63, 3.8) is 0 Å². The first kappa shape index (κ1) is 30.0. The van der Waals surface area contributed by atoms with Gasteiger partial charge in [0.05, 0.1) is 5.56 Å². The minimum atomic E-state index is -1.23. The second kappa shape index (κ2) is 13.6. The number of carbonyl (C=O) groups is 4. The molecule has 0 aromatic carbocycles. The summed E-state index contributed by atoms with van der Waals surface area (Å²) in [7, 11) is 1.28. The number of carbonyl (C=O) groups excluding carboxylic acids is 3. The summed E-state index contributed by atoms with van der Waals surface area (Å²) in [5.41, 5.74) is 6.65. The molecule has 2 aromatic heterocycles. The zero-order valence-corrected chi connectivity index (χ0v) is 24.3. The summed E-state index contributed by atoms with van der Waals surface area (Å²) in [4.78, 5) is 60.7. The van der Waals surface area contributed by atoms with Crippen LogP contribution < -0.4 is 20.9 Å². The van der Waals surface area contributed by atoms with Crippen molar-refractivity contribution in [1.82, 2.24) is 20.5 Å². The van der Waals surface area contributed by atoms with Gasteiger partial charge in [0.1, 0.15) is 29.9 Å². The lowest BCUT2D eigenvalue weighted by Crippen LogP contribution is -2.71. The molecule has 1 saturated heterocycles. The lowest BCUT2D eigenvalue weighted by Gasteiger charge is -2.49. The number of pyridine rings is 1. The number of fused-ring (bicyclic) bond motifs is 1. The number of hydrogen-bond acceptors (Lipinski definition) is 10. The van der Waals surface area contributed by atoms with Crippen LogP contribution in [0.2, 0.25) is 0 Å². The van der Waals surface area contributed by atoms with E-state index in [-0.39, 0.29) is 34.7 Å². The van der Waals surface area contributed by atoms with Crippen molar-refractivity contribution >= 4 is 57.6 Å². The summed E-state index contributed by atoms with van der Waals surface area (Å²) in [5.74, 6) is -2.30. The number of nitrogens with one attached hydrogen (secondary N) is 2. The minimum absolute atomic E-state index is 0.108. The number of nitrogens with zero attached hydrogens (tertiary/aromatic N) is 4. The van der Waals surface area contributed by atoms with E-state index in [2.05, 4.69) is 27.7 Å². The molecule has 13 nitrogen and oxygen atoms in total. The molecule has 41 heavy (non-hydrogen) atoms. The van der Waals surface area contributed by atoms with E-state index in [1.54, 1.807) is 34.5 Å². The molecule has 1 fully saturated rings. The van der Waals surface area contributed by atoms with Gasteiger partial charge in [-0.3, -0.25) is 19.3 Å². The summed E-state index contributed by atoms with van der Waals surface area (Å²) in [6.45, 7) is 2.97. The van der Waals surface area contributed by atoms with Crippen molar-refractivity contribution in [1.29, 1.82) is 0 Å². The average molecular weight is 603 g/mol. The number of anilines is 1. The van der Waals surface area contributed by atoms with Gasteiger partial charge in [0, 0.05) is 35.4 Å². The van der Waals surface area contributed by atoms with Gasteiger partial charge in [-0.2, -0.15) is 0 Å². The average Bonchev–Trinajstić information content (AvgIpc) is 3.39. The Kier molecular flexibility index (Phi) is 9.94. The number of nitrogens with two attached hydrogens (primary N) is 1. The molecular weight excluding hydrogens is 570 g/mol. The third kappa shape index (κ3) is 6.85. The lowest BCUT2D eigenvalue weighted by atomic mass is 10.0. The molecule has 0 saturated carbocycles. The molecular formula is C26H32N7O6S2+. The standard InChI is InChI=1S/C26H31N7O6S2/c1-3-4-5-6-9-28-21(34)15-7-10-32(11-8-15)12-16-13-40-24-19(23(36)33(24)20(16)25(37)38)30-22(35)18(31-39-2)17-14-41-26(27)29-17/h7-8,10-11,14,19,24H,3-6,9,12-13H2,1-2H3,(H4-,27,28,29,30,34,35,37,38)/p+1/b31-18-/t19-,24-/m1/s1. The lowest BCUT2D eigenvalue weighted by molar-refractivity contribution is -0.689. The zero-order chi connectivity index (χ0) is 29.5. The molecule has 2 aromatic rings. The monoisotopic (exact) mass is 602 g/mol. The van der Waals surface area contributed by atoms with Crippen molar-refractivity contribution < 1.29 is 33.7 Å². The molecule has 2 aliphatic heterocycles. The summed E-state index contributed by atoms with van der Waals surface area (Å²) in [5, 5.41) is 20.4. The van der Waals surface area contributed by atoms with Gasteiger partial charge in [-0.15, -0.1) is 23.1 Å². The van der Waals surface area contributed by atoms with E-state index in [1.807, 2.05) is 0 Å². The van der Waals surface area contributed by atoms with Crippen molar-refractivity contribution in [3.8, 4) is 0 Å². The van der Waals surface area contributed by atoms with Crippen LogP contribution in [0.3, 0.4) is 0 Å². The molecule has 0 bridgehead atoms. The topological polar surface area (TPSA) is 180 Å². The molecule has 4 heterocycles. The number of carboxylic acid groups (broad SMARTS) is 1. The Balaban J connectivity index is 1.41. The first-order chi connectivity index (χ1) is 19.7. The molecule has 3 amide bonds. The summed E-state index contributed by atoms with van der Waals surface area (Å²) in [6.07, 6.45) is 7.68. The van der Waals surface area contributed by atoms with Crippen LogP contribution in [0.4, 0.5) is 5.13 Å². The number of carboxylic acids is 1. The molecule has 0 aliphatic carbocycles. The van der Waals surface area contributed by atoms with Crippen molar-refractivity contribution in [2.75, 3.05) is 25.1 Å². The summed E-state index contributed by atoms with van der Waals surface area (Å²) < 4.78 is 1.76. The van der Waals surface area contributed by atoms with E-state index in [0.29, 0.717) is 23.4 Å². The zero-order valence-electron chi connectivity index (χ0n) is 22.7. The number of thiazole rings is 1. The smallest absolute Gasteiger partial charge is 0.352 e. The Morgan fingerprint density at radius 1 is 1.27 bits per heavy atom. The van der Waals surface area contributed by atoms with Gasteiger partial charge in [0.2, 0.25) is 0 Å². The van der Waals surface area contributed by atoms with Crippen LogP contribution in [-0.2, 0) is 25.8 Å². The number of β-lactam (4-membered cyclic amide) rings is 1. The highest BCUT2D eigenvalue weighted by molar-refractivity contribution is 8.00.